The molecule has 0 amide bonds. The van der Waals surface area contributed by atoms with Gasteiger partial charge in [0, 0.05) is 16.9 Å². The zero-order valence-electron chi connectivity index (χ0n) is 15.5. The average molecular weight is 431 g/mol. The van der Waals surface area contributed by atoms with Gasteiger partial charge in [-0.05, 0) is 54.5 Å². The maximum atomic E-state index is 11.4. The molecule has 1 saturated heterocycles. The van der Waals surface area contributed by atoms with Crippen LogP contribution in [0.25, 0.3) is 0 Å². The Balaban J connectivity index is 1.57. The molecule has 2 fully saturated rings. The van der Waals surface area contributed by atoms with E-state index in [1.54, 1.807) is 24.3 Å². The van der Waals surface area contributed by atoms with Gasteiger partial charge < -0.3 is 19.3 Å². The van der Waals surface area contributed by atoms with Crippen molar-refractivity contribution in [2.24, 2.45) is 5.92 Å². The van der Waals surface area contributed by atoms with Crippen molar-refractivity contribution in [1.82, 2.24) is 0 Å². The maximum Gasteiger partial charge on any atom is 0.335 e. The molecule has 2 N–H and O–H groups in total. The van der Waals surface area contributed by atoms with E-state index < -0.39 is 5.97 Å². The molecule has 0 aromatic heterocycles. The highest BCUT2D eigenvalue weighted by atomic mass is 35.5. The highest BCUT2D eigenvalue weighted by molar-refractivity contribution is 8.00. The average Bonchev–Trinajstić information content (AvgIpc) is 3.51. The highest BCUT2D eigenvalue weighted by Gasteiger charge is 2.27. The van der Waals surface area contributed by atoms with E-state index in [4.69, 9.17) is 21.1 Å². The molecule has 1 aliphatic carbocycles. The minimum Gasteiger partial charge on any atom is -0.491 e. The molecule has 0 radical (unpaired) electrons. The number of rotatable bonds is 8. The van der Waals surface area contributed by atoms with Gasteiger partial charge in [-0.1, -0.05) is 17.7 Å². The molecule has 2 aromatic rings. The summed E-state index contributed by atoms with van der Waals surface area (Å²) in [6.45, 7) is 1.85. The highest BCUT2D eigenvalue weighted by Crippen LogP contribution is 2.45. The molecule has 0 atom stereocenters. The van der Waals surface area contributed by atoms with Gasteiger partial charge in [0.05, 0.1) is 41.7 Å². The molecular formula is C21H19ClN2O4S. The van der Waals surface area contributed by atoms with Crippen LogP contribution in [-0.2, 0) is 4.74 Å². The first-order valence-electron chi connectivity index (χ1n) is 9.29. The van der Waals surface area contributed by atoms with Gasteiger partial charge in [0.15, 0.2) is 0 Å². The smallest absolute Gasteiger partial charge is 0.335 e. The molecule has 0 unspecified atom stereocenters. The van der Waals surface area contributed by atoms with Crippen LogP contribution in [0.5, 0.6) is 5.75 Å². The van der Waals surface area contributed by atoms with Crippen LogP contribution in [-0.4, -0.2) is 30.9 Å². The second-order valence-corrected chi connectivity index (χ2v) is 8.45. The SMILES string of the molecule is N#Cc1cc(NSc2cc(C(=O)O)ccc2C2CC2)c(OCC2COC2)cc1Cl. The van der Waals surface area contributed by atoms with Gasteiger partial charge in [0.2, 0.25) is 0 Å². The molecular weight excluding hydrogens is 412 g/mol. The molecule has 1 aliphatic heterocycles. The Morgan fingerprint density at radius 2 is 2.14 bits per heavy atom. The Bertz CT molecular complexity index is 983. The van der Waals surface area contributed by atoms with Crippen LogP contribution < -0.4 is 9.46 Å². The van der Waals surface area contributed by atoms with Gasteiger partial charge in [-0.2, -0.15) is 5.26 Å². The first kappa shape index (κ1) is 19.9. The van der Waals surface area contributed by atoms with Crippen LogP contribution in [0.1, 0.15) is 40.2 Å². The van der Waals surface area contributed by atoms with Crippen molar-refractivity contribution >= 4 is 35.2 Å². The number of halogens is 1. The predicted octanol–water partition coefficient (Wildman–Crippen LogP) is 4.93. The summed E-state index contributed by atoms with van der Waals surface area (Å²) >= 11 is 7.51. The van der Waals surface area contributed by atoms with Crippen molar-refractivity contribution < 1.29 is 19.4 Å². The zero-order chi connectivity index (χ0) is 20.4. The lowest BCUT2D eigenvalue weighted by molar-refractivity contribution is -0.0507. The van der Waals surface area contributed by atoms with E-state index >= 15 is 0 Å². The molecule has 6 nitrogen and oxygen atoms in total. The van der Waals surface area contributed by atoms with Gasteiger partial charge in [0.1, 0.15) is 11.8 Å². The Kier molecular flexibility index (Phi) is 5.86. The Morgan fingerprint density at radius 1 is 1.34 bits per heavy atom. The molecule has 2 aliphatic rings. The summed E-state index contributed by atoms with van der Waals surface area (Å²) in [6, 6.07) is 10.6. The molecule has 1 heterocycles. The number of benzene rings is 2. The van der Waals surface area contributed by atoms with Crippen LogP contribution in [0.3, 0.4) is 0 Å². The number of nitriles is 1. The Morgan fingerprint density at radius 3 is 2.76 bits per heavy atom. The number of carbonyl (C=O) groups is 1. The van der Waals surface area contributed by atoms with Gasteiger partial charge >= 0.3 is 5.97 Å². The van der Waals surface area contributed by atoms with Crippen molar-refractivity contribution in [2.45, 2.75) is 23.7 Å². The Hall–Kier alpha value is -2.40. The first-order valence-corrected chi connectivity index (χ1v) is 10.5. The quantitative estimate of drug-likeness (QED) is 0.573. The molecule has 1 saturated carbocycles. The lowest BCUT2D eigenvalue weighted by atomic mass is 10.1. The first-order chi connectivity index (χ1) is 14.0. The van der Waals surface area contributed by atoms with Crippen LogP contribution in [0, 0.1) is 17.2 Å². The third-order valence-electron chi connectivity index (χ3n) is 4.92. The Labute approximate surface area is 177 Å². The second kappa shape index (κ2) is 8.54. The molecule has 29 heavy (non-hydrogen) atoms. The van der Waals surface area contributed by atoms with Crippen molar-refractivity contribution in [3.8, 4) is 11.8 Å². The summed E-state index contributed by atoms with van der Waals surface area (Å²) < 4.78 is 14.3. The normalized spacial score (nSPS) is 16.0. The van der Waals surface area contributed by atoms with Gasteiger partial charge in [-0.3, -0.25) is 0 Å². The number of ether oxygens (including phenoxy) is 2. The minimum atomic E-state index is -0.959. The lowest BCUT2D eigenvalue weighted by Crippen LogP contribution is -2.32. The maximum absolute atomic E-state index is 11.4. The number of aromatic carboxylic acids is 1. The van der Waals surface area contributed by atoms with Crippen LogP contribution in [0.15, 0.2) is 35.2 Å². The number of hydrogen-bond donors (Lipinski definition) is 2. The molecule has 150 valence electrons. The van der Waals surface area contributed by atoms with Crippen molar-refractivity contribution in [3.63, 3.8) is 0 Å². The lowest BCUT2D eigenvalue weighted by Gasteiger charge is -2.26. The monoisotopic (exact) mass is 430 g/mol. The van der Waals surface area contributed by atoms with E-state index in [0.29, 0.717) is 53.7 Å². The van der Waals surface area contributed by atoms with Crippen molar-refractivity contribution in [3.05, 3.63) is 52.0 Å². The third kappa shape index (κ3) is 4.61. The van der Waals surface area contributed by atoms with Crippen LogP contribution in [0.4, 0.5) is 5.69 Å². The minimum absolute atomic E-state index is 0.244. The standard InChI is InChI=1S/C21H19ClN2O4S/c22-17-7-19(28-11-12-9-27-10-12)18(5-15(17)8-23)24-29-20-6-14(21(25)26)3-4-16(20)13-1-2-13/h3-7,12-13,24H,1-2,9-11H2,(H,25,26). The van der Waals surface area contributed by atoms with E-state index in [2.05, 4.69) is 10.8 Å². The van der Waals surface area contributed by atoms with Crippen LogP contribution >= 0.6 is 23.5 Å². The van der Waals surface area contributed by atoms with Gasteiger partial charge in [-0.25, -0.2) is 4.79 Å². The topological polar surface area (TPSA) is 91.6 Å². The van der Waals surface area contributed by atoms with Gasteiger partial charge in [-0.15, -0.1) is 0 Å². The van der Waals surface area contributed by atoms with E-state index in [1.807, 2.05) is 6.07 Å². The fourth-order valence-electron chi connectivity index (χ4n) is 3.03. The second-order valence-electron chi connectivity index (χ2n) is 7.19. The fraction of sp³-hybridized carbons (Fsp3) is 0.333. The molecule has 0 bridgehead atoms. The zero-order valence-corrected chi connectivity index (χ0v) is 17.1. The number of nitrogens with one attached hydrogen (secondary N) is 1. The van der Waals surface area contributed by atoms with Crippen molar-refractivity contribution in [1.29, 1.82) is 5.26 Å². The summed E-state index contributed by atoms with van der Waals surface area (Å²) in [5, 5.41) is 19.0. The number of anilines is 1. The van der Waals surface area contributed by atoms with E-state index in [9.17, 15) is 15.2 Å². The van der Waals surface area contributed by atoms with E-state index in [0.717, 1.165) is 23.3 Å². The van der Waals surface area contributed by atoms with Crippen LogP contribution in [0.2, 0.25) is 5.02 Å². The molecule has 4 rings (SSSR count). The van der Waals surface area contributed by atoms with Crippen molar-refractivity contribution in [2.75, 3.05) is 24.5 Å². The number of nitrogens with zero attached hydrogens (tertiary/aromatic N) is 1. The van der Waals surface area contributed by atoms with E-state index in [-0.39, 0.29) is 5.56 Å². The summed E-state index contributed by atoms with van der Waals surface area (Å²) in [4.78, 5) is 12.2. The summed E-state index contributed by atoms with van der Waals surface area (Å²) in [7, 11) is 0. The molecule has 0 spiro atoms. The third-order valence-corrected chi connectivity index (χ3v) is 6.13. The van der Waals surface area contributed by atoms with Gasteiger partial charge in [0.25, 0.3) is 0 Å². The summed E-state index contributed by atoms with van der Waals surface area (Å²) in [6.07, 6.45) is 2.22. The number of carboxylic acids is 1. The fourth-order valence-corrected chi connectivity index (χ4v) is 4.14. The number of carboxylic acid groups (broad SMARTS) is 1. The summed E-state index contributed by atoms with van der Waals surface area (Å²) in [5.41, 5.74) is 2.35. The largest absolute Gasteiger partial charge is 0.491 e. The van der Waals surface area contributed by atoms with E-state index in [1.165, 1.54) is 11.9 Å². The molecule has 2 aromatic carbocycles. The summed E-state index contributed by atoms with van der Waals surface area (Å²) in [5.74, 6) is 0.407. The number of hydrogen-bond acceptors (Lipinski definition) is 6. The molecule has 8 heteroatoms. The predicted molar refractivity (Wildman–Crippen MR) is 111 cm³/mol.